The van der Waals surface area contributed by atoms with E-state index in [-0.39, 0.29) is 140 Å². The molecular formula is C82H90N10O15. The summed E-state index contributed by atoms with van der Waals surface area (Å²) in [5, 5.41) is 26.6. The van der Waals surface area contributed by atoms with Gasteiger partial charge in [0.15, 0.2) is 40.8 Å². The normalized spacial score (nSPS) is 17.5. The highest BCUT2D eigenvalue weighted by Gasteiger charge is 2.58. The number of aromatic nitrogens is 3. The number of nitrogens with one attached hydrogen (secondary N) is 2. The lowest BCUT2D eigenvalue weighted by Crippen LogP contribution is -2.50. The van der Waals surface area contributed by atoms with Gasteiger partial charge in [0, 0.05) is 98.6 Å². The predicted octanol–water partition coefficient (Wildman–Crippen LogP) is 11.2. The number of aliphatic hydroxyl groups is 1. The SMILES string of the molecule is COc1cc2c(cc1OCCCCCOc1cc3c(cc1OC)C(=O)N1CC4(CC4)C[C@H]1C(O)N3C(=O)OCc1ccc(CC(=O)[C@H](C)NC(=O)[C@@H](CC(=O)CNC(=O)CCC(=O)CCC(=O)N3Cc4ccccc4-c4c(nnn4C(C)C)-c4ccccc43)C(C)C)cc1)N=C[C@@H]1Cc3ccccc3N1C2=O. The Morgan fingerprint density at radius 2 is 1.33 bits per heavy atom. The molecule has 1 aromatic heterocycles. The van der Waals surface area contributed by atoms with Crippen molar-refractivity contribution in [3.63, 3.8) is 0 Å². The minimum atomic E-state index is -1.46. The number of hydrogen-bond acceptors (Lipinski definition) is 18. The molecule has 5 atom stereocenters. The first kappa shape index (κ1) is 74.2. The molecule has 6 heterocycles. The summed E-state index contributed by atoms with van der Waals surface area (Å²) in [7, 11) is 3.00. The van der Waals surface area contributed by atoms with Gasteiger partial charge in [-0.3, -0.25) is 48.2 Å². The van der Waals surface area contributed by atoms with E-state index in [2.05, 4.69) is 20.9 Å². The molecule has 2 fully saturated rings. The van der Waals surface area contributed by atoms with Gasteiger partial charge in [0.2, 0.25) is 17.7 Å². The highest BCUT2D eigenvalue weighted by atomic mass is 16.6. The third-order valence-electron chi connectivity index (χ3n) is 21.2. The Hall–Kier alpha value is -11.1. The number of hydrogen-bond donors (Lipinski definition) is 3. The van der Waals surface area contributed by atoms with Gasteiger partial charge in [0.1, 0.15) is 18.1 Å². The highest BCUT2D eigenvalue weighted by molar-refractivity contribution is 6.15. The number of benzene rings is 6. The molecule has 0 bridgehead atoms. The number of carbonyl (C=O) groups excluding carboxylic acids is 9. The molecule has 1 saturated carbocycles. The summed E-state index contributed by atoms with van der Waals surface area (Å²) in [5.74, 6) is -2.53. The molecule has 1 spiro atoms. The van der Waals surface area contributed by atoms with Crippen molar-refractivity contribution >= 4 is 81.9 Å². The molecule has 0 radical (unpaired) electrons. The lowest BCUT2D eigenvalue weighted by Gasteiger charge is -2.31. The van der Waals surface area contributed by atoms with Crippen LogP contribution in [0.5, 0.6) is 23.0 Å². The van der Waals surface area contributed by atoms with Crippen LogP contribution in [0.3, 0.4) is 0 Å². The largest absolute Gasteiger partial charge is 0.493 e. The van der Waals surface area contributed by atoms with Crippen molar-refractivity contribution in [3.8, 4) is 45.5 Å². The molecule has 1 unspecified atom stereocenters. The number of aliphatic hydroxyl groups excluding tert-OH is 1. The number of amides is 6. The van der Waals surface area contributed by atoms with Crippen molar-refractivity contribution in [1.82, 2.24) is 30.5 Å². The van der Waals surface area contributed by atoms with E-state index in [1.54, 1.807) is 77.9 Å². The van der Waals surface area contributed by atoms with E-state index in [4.69, 9.17) is 28.7 Å². The Morgan fingerprint density at radius 3 is 2.03 bits per heavy atom. The van der Waals surface area contributed by atoms with Crippen molar-refractivity contribution in [3.05, 3.63) is 155 Å². The van der Waals surface area contributed by atoms with Gasteiger partial charge in [-0.25, -0.2) is 14.4 Å². The zero-order valence-corrected chi connectivity index (χ0v) is 61.3. The molecule has 5 aliphatic heterocycles. The quantitative estimate of drug-likeness (QED) is 0.0367. The molecule has 3 N–H and O–H groups in total. The zero-order chi connectivity index (χ0) is 75.4. The summed E-state index contributed by atoms with van der Waals surface area (Å²) < 4.78 is 31.8. The van der Waals surface area contributed by atoms with E-state index in [0.717, 1.165) is 51.4 Å². The number of ether oxygens (including phenoxy) is 5. The van der Waals surface area contributed by atoms with E-state index >= 15 is 0 Å². The van der Waals surface area contributed by atoms with E-state index in [9.17, 15) is 48.3 Å². The van der Waals surface area contributed by atoms with Crippen LogP contribution in [0.1, 0.15) is 154 Å². The Kier molecular flexibility index (Phi) is 22.1. The van der Waals surface area contributed by atoms with Crippen molar-refractivity contribution in [1.29, 1.82) is 0 Å². The van der Waals surface area contributed by atoms with Crippen LogP contribution in [0.2, 0.25) is 0 Å². The van der Waals surface area contributed by atoms with Gasteiger partial charge in [-0.15, -0.1) is 5.10 Å². The first-order valence-corrected chi connectivity index (χ1v) is 36.9. The maximum Gasteiger partial charge on any atom is 0.416 e. The molecule has 107 heavy (non-hydrogen) atoms. The lowest BCUT2D eigenvalue weighted by molar-refractivity contribution is -0.133. The first-order valence-electron chi connectivity index (χ1n) is 36.9. The summed E-state index contributed by atoms with van der Waals surface area (Å²) in [6, 6.07) is 34.7. The number of Topliss-reactive ketones (excluding diaryl/α,β-unsaturated/α-hetero) is 3. The average Bonchev–Trinajstić information content (AvgIpc) is 1.60. The number of aliphatic imine (C=N–C) groups is 1. The number of nitrogens with zero attached hydrogens (tertiary/aromatic N) is 8. The predicted molar refractivity (Wildman–Crippen MR) is 399 cm³/mol. The second-order valence-electron chi connectivity index (χ2n) is 29.3. The fraction of sp³-hybridized carbons (Fsp3) is 0.415. The number of anilines is 3. The summed E-state index contributed by atoms with van der Waals surface area (Å²) in [4.78, 5) is 135. The molecule has 6 aromatic carbocycles. The maximum atomic E-state index is 14.5. The van der Waals surface area contributed by atoms with Crippen molar-refractivity contribution < 1.29 is 71.9 Å². The van der Waals surface area contributed by atoms with Crippen molar-refractivity contribution in [2.45, 2.75) is 162 Å². The summed E-state index contributed by atoms with van der Waals surface area (Å²) in [6.07, 6.45) is 3.58. The number of carbonyl (C=O) groups is 9. The molecule has 25 nitrogen and oxygen atoms in total. The number of rotatable bonds is 29. The van der Waals surface area contributed by atoms with E-state index in [0.29, 0.717) is 90.5 Å². The number of ketones is 3. The van der Waals surface area contributed by atoms with Crippen LogP contribution in [0.4, 0.5) is 27.5 Å². The zero-order valence-electron chi connectivity index (χ0n) is 61.3. The van der Waals surface area contributed by atoms with Gasteiger partial charge in [0.05, 0.1) is 92.5 Å². The fourth-order valence-electron chi connectivity index (χ4n) is 15.0. The smallest absolute Gasteiger partial charge is 0.416 e. The average molecular weight is 1460 g/mol. The van der Waals surface area contributed by atoms with Crippen LogP contribution in [-0.4, -0.2) is 149 Å². The second-order valence-corrected chi connectivity index (χ2v) is 29.3. The van der Waals surface area contributed by atoms with Crippen molar-refractivity contribution in [2.24, 2.45) is 22.2 Å². The third-order valence-corrected chi connectivity index (χ3v) is 21.2. The molecular weight excluding hydrogens is 1360 g/mol. The van der Waals surface area contributed by atoms with Crippen LogP contribution in [0.15, 0.2) is 126 Å². The molecule has 1 aliphatic carbocycles. The first-order chi connectivity index (χ1) is 51.6. The minimum absolute atomic E-state index is 0.0319. The van der Waals surface area contributed by atoms with Gasteiger partial charge in [-0.1, -0.05) is 104 Å². The second kappa shape index (κ2) is 31.9. The molecule has 25 heteroatoms. The summed E-state index contributed by atoms with van der Waals surface area (Å²) in [6.45, 7) is 9.89. The maximum absolute atomic E-state index is 14.5. The number of para-hydroxylation sites is 2. The van der Waals surface area contributed by atoms with Gasteiger partial charge >= 0.3 is 6.09 Å². The van der Waals surface area contributed by atoms with Crippen LogP contribution < -0.4 is 44.3 Å². The standard InChI is InChI=1S/C82H90N10O15/c1-48(2)60(37-57(94)44-84-73(96)29-27-56(93)28-30-74(97)88-45-54-18-9-11-19-58(54)76-75(86-87-92(76)49(3)4)59-20-12-14-22-65(59)88)77(98)85-50(5)68(95)35-51-23-25-52(26-24-51)46-107-81(102)91-66-41-72(70(104-7)39-62(66)78(99)89-47-82(31-32-82)42-67(89)80(91)101)106-34-16-8-15-33-105-71-40-63-61(38-69(71)103-6)79(100)90-55(43-83-63)36-53-17-10-13-21-64(53)90/h9-14,17-26,38-41,43,48-50,55,60,67,80,101H,8,15-16,27-37,42,44-47H2,1-7H3,(H,84,96)(H,85,98)/t50-,55-,60-,67-,80?/m0/s1. The number of methoxy groups -OCH3 is 2. The fourth-order valence-corrected chi connectivity index (χ4v) is 15.0. The topological polar surface area (TPSA) is 300 Å². The summed E-state index contributed by atoms with van der Waals surface area (Å²) >= 11 is 0. The van der Waals surface area contributed by atoms with Crippen LogP contribution >= 0.6 is 0 Å². The molecule has 13 rings (SSSR count). The molecule has 7 aromatic rings. The Morgan fingerprint density at radius 1 is 0.673 bits per heavy atom. The summed E-state index contributed by atoms with van der Waals surface area (Å²) in [5.41, 5.74) is 8.92. The molecule has 6 aliphatic rings. The number of fused-ring (bicyclic) bond motifs is 11. The van der Waals surface area contributed by atoms with Gasteiger partial charge in [-0.05, 0) is 117 Å². The van der Waals surface area contributed by atoms with Crippen LogP contribution in [0, 0.1) is 17.3 Å². The van der Waals surface area contributed by atoms with E-state index in [1.807, 2.05) is 97.5 Å². The van der Waals surface area contributed by atoms with Crippen molar-refractivity contribution in [2.75, 3.05) is 55.2 Å². The molecule has 558 valence electrons. The molecule has 1 saturated heterocycles. The van der Waals surface area contributed by atoms with Crippen LogP contribution in [-0.2, 0) is 59.5 Å². The van der Waals surface area contributed by atoms with Gasteiger partial charge in [-0.2, -0.15) is 0 Å². The lowest BCUT2D eigenvalue weighted by atomic mass is 9.89. The Labute approximate surface area is 620 Å². The van der Waals surface area contributed by atoms with E-state index < -0.39 is 47.9 Å². The van der Waals surface area contributed by atoms with Crippen LogP contribution in [0.25, 0.3) is 22.5 Å². The monoisotopic (exact) mass is 1450 g/mol. The molecule has 6 amide bonds. The number of unbranched alkanes of at least 4 members (excludes halogenated alkanes) is 2. The van der Waals surface area contributed by atoms with Gasteiger partial charge < -0.3 is 49.2 Å². The van der Waals surface area contributed by atoms with E-state index in [1.165, 1.54) is 20.3 Å². The minimum Gasteiger partial charge on any atom is -0.493 e. The highest BCUT2D eigenvalue weighted by Crippen LogP contribution is 2.57. The third kappa shape index (κ3) is 15.9. The Balaban J connectivity index is 0.558. The van der Waals surface area contributed by atoms with Gasteiger partial charge in [0.25, 0.3) is 11.8 Å². The Bertz CT molecular complexity index is 4640.